The Morgan fingerprint density at radius 3 is 1.16 bits per heavy atom. The van der Waals surface area contributed by atoms with Gasteiger partial charge in [-0.05, 0) is 13.3 Å². The molecule has 0 aromatic rings. The lowest BCUT2D eigenvalue weighted by molar-refractivity contribution is -0.177. The van der Waals surface area contributed by atoms with Gasteiger partial charge in [0.2, 0.25) is 4.75 Å². The second kappa shape index (κ2) is 17.4. The Bertz CT molecular complexity index is 854. The zero-order valence-electron chi connectivity index (χ0n) is 22.7. The number of hydrogen-bond donors (Lipinski definition) is 5. The highest BCUT2D eigenvalue weighted by Gasteiger charge is 2.76. The third-order valence-electron chi connectivity index (χ3n) is 7.46. The first-order chi connectivity index (χ1) is 17.7. The van der Waals surface area contributed by atoms with Crippen LogP contribution in [0.1, 0.15) is 123 Å². The van der Waals surface area contributed by atoms with Gasteiger partial charge in [0, 0.05) is 0 Å². The molecule has 0 saturated carbocycles. The molecule has 0 rings (SSSR count). The van der Waals surface area contributed by atoms with Crippen molar-refractivity contribution in [3.05, 3.63) is 0 Å². The molecule has 222 valence electrons. The molecule has 0 aromatic heterocycles. The molecule has 0 aliphatic rings. The number of carboxylic acid groups (broad SMARTS) is 4. The van der Waals surface area contributed by atoms with Crippen LogP contribution in [-0.4, -0.2) is 62.0 Å². The lowest BCUT2D eigenvalue weighted by Gasteiger charge is -2.40. The second-order valence-electron chi connectivity index (χ2n) is 10.2. The largest absolute Gasteiger partial charge is 0.481 e. The summed E-state index contributed by atoms with van der Waals surface area (Å²) in [5.41, 5.74) is -3.68. The van der Waals surface area contributed by atoms with Crippen LogP contribution in [0.15, 0.2) is 0 Å². The Balaban J connectivity index is 4.83. The van der Waals surface area contributed by atoms with E-state index in [0.29, 0.717) is 12.8 Å². The summed E-state index contributed by atoms with van der Waals surface area (Å²) in [6, 6.07) is 0. The van der Waals surface area contributed by atoms with Gasteiger partial charge in [0.05, 0.1) is 5.92 Å². The number of hydrogen-bond acceptors (Lipinski definition) is 6. The molecule has 2 unspecified atom stereocenters. The van der Waals surface area contributed by atoms with Crippen LogP contribution in [0.2, 0.25) is 0 Å². The molecule has 38 heavy (non-hydrogen) atoms. The van der Waals surface area contributed by atoms with Crippen molar-refractivity contribution in [1.82, 2.24) is 0 Å². The van der Waals surface area contributed by atoms with Crippen LogP contribution in [0.25, 0.3) is 0 Å². The van der Waals surface area contributed by atoms with Gasteiger partial charge in [0.1, 0.15) is 0 Å². The Morgan fingerprint density at radius 1 is 0.605 bits per heavy atom. The quantitative estimate of drug-likeness (QED) is 0.0581. The molecule has 0 spiro atoms. The van der Waals surface area contributed by atoms with E-state index in [9.17, 15) is 52.6 Å². The summed E-state index contributed by atoms with van der Waals surface area (Å²) in [5.74, 6) is -11.9. The standard InChI is InChI=1S/C26H46O11S/c1-3-4-5-6-7-8-9-10-11-12-13-14-15-16-17-18-19-20(21(27)28)26(24(33)34,38(35,36)37)25(2,22(29)30)23(31)32/h20H,3-19H2,1-2H3,(H,27,28)(H,29,30)(H,31,32)(H,33,34)(H,35,36,37). The number of carbonyl (C=O) groups is 4. The summed E-state index contributed by atoms with van der Waals surface area (Å²) in [7, 11) is -6.03. The number of aliphatic carboxylic acids is 4. The van der Waals surface area contributed by atoms with Crippen molar-refractivity contribution < 1.29 is 52.6 Å². The van der Waals surface area contributed by atoms with Crippen molar-refractivity contribution in [2.75, 3.05) is 0 Å². The molecular formula is C26H46O11S. The van der Waals surface area contributed by atoms with Crippen LogP contribution in [0.4, 0.5) is 0 Å². The fourth-order valence-electron chi connectivity index (χ4n) is 5.07. The summed E-state index contributed by atoms with van der Waals surface area (Å²) in [6.45, 7) is 2.49. The molecule has 0 radical (unpaired) electrons. The molecule has 0 bridgehead atoms. The Labute approximate surface area is 225 Å². The average molecular weight is 567 g/mol. The van der Waals surface area contributed by atoms with Crippen molar-refractivity contribution in [3.8, 4) is 0 Å². The minimum Gasteiger partial charge on any atom is -0.481 e. The maximum absolute atomic E-state index is 12.3. The van der Waals surface area contributed by atoms with E-state index in [1.165, 1.54) is 57.8 Å². The predicted molar refractivity (Wildman–Crippen MR) is 141 cm³/mol. The molecule has 0 aromatic carbocycles. The van der Waals surface area contributed by atoms with Crippen molar-refractivity contribution in [1.29, 1.82) is 0 Å². The zero-order valence-corrected chi connectivity index (χ0v) is 23.5. The van der Waals surface area contributed by atoms with Gasteiger partial charge >= 0.3 is 23.9 Å². The van der Waals surface area contributed by atoms with Crippen LogP contribution in [-0.2, 0) is 29.3 Å². The van der Waals surface area contributed by atoms with E-state index in [2.05, 4.69) is 6.92 Å². The highest BCUT2D eigenvalue weighted by Crippen LogP contribution is 2.46. The lowest BCUT2D eigenvalue weighted by atomic mass is 9.68. The number of rotatable bonds is 24. The molecule has 0 heterocycles. The summed E-state index contributed by atoms with van der Waals surface area (Å²) in [5, 5.41) is 38.3. The smallest absolute Gasteiger partial charge is 0.330 e. The van der Waals surface area contributed by atoms with Crippen molar-refractivity contribution in [2.45, 2.75) is 128 Å². The lowest BCUT2D eigenvalue weighted by Crippen LogP contribution is -2.69. The SMILES string of the molecule is CCCCCCCCCCCCCCCCCCC(C(=O)O)C(C(=O)O)(C(C)(C(=O)O)C(=O)O)S(=O)(=O)O. The van der Waals surface area contributed by atoms with Gasteiger partial charge in [-0.3, -0.25) is 23.7 Å². The van der Waals surface area contributed by atoms with E-state index < -0.39 is 56.5 Å². The molecule has 0 fully saturated rings. The monoisotopic (exact) mass is 566 g/mol. The molecule has 2 atom stereocenters. The third-order valence-corrected chi connectivity index (χ3v) is 9.14. The van der Waals surface area contributed by atoms with Crippen molar-refractivity contribution in [3.63, 3.8) is 0 Å². The van der Waals surface area contributed by atoms with Crippen LogP contribution >= 0.6 is 0 Å². The van der Waals surface area contributed by atoms with Crippen molar-refractivity contribution in [2.24, 2.45) is 11.3 Å². The molecule has 0 saturated heterocycles. The van der Waals surface area contributed by atoms with Gasteiger partial charge < -0.3 is 20.4 Å². The van der Waals surface area contributed by atoms with Gasteiger partial charge in [0.15, 0.2) is 5.41 Å². The van der Waals surface area contributed by atoms with Crippen LogP contribution < -0.4 is 0 Å². The first kappa shape index (κ1) is 35.8. The highest BCUT2D eigenvalue weighted by atomic mass is 32.2. The molecule has 12 heteroatoms. The molecular weight excluding hydrogens is 520 g/mol. The number of carboxylic acids is 4. The fraction of sp³-hybridized carbons (Fsp3) is 0.846. The Morgan fingerprint density at radius 2 is 0.921 bits per heavy atom. The van der Waals surface area contributed by atoms with Gasteiger partial charge in [0.25, 0.3) is 10.1 Å². The first-order valence-corrected chi connectivity index (χ1v) is 15.1. The Kier molecular flexibility index (Phi) is 16.4. The van der Waals surface area contributed by atoms with E-state index >= 15 is 0 Å². The van der Waals surface area contributed by atoms with Gasteiger partial charge in [-0.2, -0.15) is 8.42 Å². The van der Waals surface area contributed by atoms with Crippen LogP contribution in [0.3, 0.4) is 0 Å². The van der Waals surface area contributed by atoms with E-state index in [4.69, 9.17) is 0 Å². The maximum atomic E-state index is 12.3. The van der Waals surface area contributed by atoms with E-state index in [-0.39, 0.29) is 13.3 Å². The molecule has 5 N–H and O–H groups in total. The van der Waals surface area contributed by atoms with Gasteiger partial charge in [-0.1, -0.05) is 110 Å². The Hall–Kier alpha value is -2.21. The third kappa shape index (κ3) is 9.52. The maximum Gasteiger partial charge on any atom is 0.330 e. The normalized spacial score (nSPS) is 14.5. The summed E-state index contributed by atoms with van der Waals surface area (Å²) in [4.78, 5) is 47.7. The molecule has 0 aliphatic heterocycles. The van der Waals surface area contributed by atoms with Crippen molar-refractivity contribution >= 4 is 34.0 Å². The van der Waals surface area contributed by atoms with Crippen LogP contribution in [0, 0.1) is 11.3 Å². The summed E-state index contributed by atoms with van der Waals surface area (Å²) >= 11 is 0. The first-order valence-electron chi connectivity index (χ1n) is 13.6. The minimum atomic E-state index is -6.03. The zero-order chi connectivity index (χ0) is 29.4. The van der Waals surface area contributed by atoms with E-state index in [0.717, 1.165) is 25.7 Å². The van der Waals surface area contributed by atoms with Gasteiger partial charge in [-0.25, -0.2) is 0 Å². The summed E-state index contributed by atoms with van der Waals surface area (Å²) < 4.78 is 30.3. The predicted octanol–water partition coefficient (Wildman–Crippen LogP) is 5.23. The molecule has 0 aliphatic carbocycles. The average Bonchev–Trinajstić information content (AvgIpc) is 2.81. The van der Waals surface area contributed by atoms with Gasteiger partial charge in [-0.15, -0.1) is 0 Å². The molecule has 0 amide bonds. The number of unbranched alkanes of at least 4 members (excludes halogenated alkanes) is 15. The van der Waals surface area contributed by atoms with Crippen LogP contribution in [0.5, 0.6) is 0 Å². The summed E-state index contributed by atoms with van der Waals surface area (Å²) in [6.07, 6.45) is 15.8. The molecule has 11 nitrogen and oxygen atoms in total. The van der Waals surface area contributed by atoms with E-state index in [1.807, 2.05) is 0 Å². The fourth-order valence-corrected chi connectivity index (χ4v) is 6.56. The van der Waals surface area contributed by atoms with E-state index in [1.54, 1.807) is 0 Å². The topological polar surface area (TPSA) is 204 Å². The highest BCUT2D eigenvalue weighted by molar-refractivity contribution is 7.88. The minimum absolute atomic E-state index is 0.00902. The second-order valence-corrected chi connectivity index (χ2v) is 11.8.